The first-order chi connectivity index (χ1) is 9.62. The summed E-state index contributed by atoms with van der Waals surface area (Å²) in [7, 11) is -4.02. The van der Waals surface area contributed by atoms with Crippen molar-refractivity contribution < 1.29 is 51.4 Å². The molecule has 0 bridgehead atoms. The minimum atomic E-state index is -4.02. The average molecular weight is 332 g/mol. The molecule has 21 heavy (non-hydrogen) atoms. The van der Waals surface area contributed by atoms with Crippen molar-refractivity contribution in [2.24, 2.45) is 0 Å². The number of unbranched alkanes of at least 4 members (excludes halogenated alkanes) is 9. The van der Waals surface area contributed by atoms with Gasteiger partial charge in [0.1, 0.15) is 0 Å². The molecular formula is C14H29NaO5S. The van der Waals surface area contributed by atoms with Gasteiger partial charge in [-0.05, 0) is 13.0 Å². The fraction of sp³-hybridized carbons (Fsp3) is 0.929. The molecule has 0 saturated carbocycles. The van der Waals surface area contributed by atoms with E-state index >= 15 is 0 Å². The van der Waals surface area contributed by atoms with Gasteiger partial charge in [0.25, 0.3) is 0 Å². The third-order valence-electron chi connectivity index (χ3n) is 2.94. The average Bonchev–Trinajstić information content (AvgIpc) is 2.42. The molecule has 0 rings (SSSR count). The van der Waals surface area contributed by atoms with Crippen LogP contribution in [-0.4, -0.2) is 21.6 Å². The van der Waals surface area contributed by atoms with Gasteiger partial charge in [-0.15, -0.1) is 0 Å². The van der Waals surface area contributed by atoms with Crippen LogP contribution in [0.2, 0.25) is 0 Å². The topological polar surface area (TPSA) is 61.8 Å². The van der Waals surface area contributed by atoms with Crippen molar-refractivity contribution in [3.8, 4) is 0 Å². The number of hydrogen-bond acceptors (Lipinski definition) is 5. The van der Waals surface area contributed by atoms with E-state index in [4.69, 9.17) is 0 Å². The summed E-state index contributed by atoms with van der Waals surface area (Å²) >= 11 is 0. The van der Waals surface area contributed by atoms with E-state index in [9.17, 15) is 8.42 Å². The van der Waals surface area contributed by atoms with Gasteiger partial charge in [-0.3, -0.25) is 4.89 Å². The molecular weight excluding hydrogens is 303 g/mol. The first-order valence-corrected chi connectivity index (χ1v) is 8.95. The third kappa shape index (κ3) is 18.8. The van der Waals surface area contributed by atoms with Crippen molar-refractivity contribution in [1.82, 2.24) is 0 Å². The van der Waals surface area contributed by atoms with Gasteiger partial charge >= 0.3 is 40.0 Å². The Morgan fingerprint density at radius 1 is 0.857 bits per heavy atom. The van der Waals surface area contributed by atoms with Crippen molar-refractivity contribution in [3.63, 3.8) is 0 Å². The van der Waals surface area contributed by atoms with Crippen molar-refractivity contribution in [2.45, 2.75) is 71.1 Å². The predicted molar refractivity (Wildman–Crippen MR) is 79.1 cm³/mol. The summed E-state index contributed by atoms with van der Waals surface area (Å²) in [5.74, 6) is 0. The van der Waals surface area contributed by atoms with Crippen LogP contribution < -0.4 is 29.6 Å². The van der Waals surface area contributed by atoms with Crippen LogP contribution in [0.4, 0.5) is 0 Å². The summed E-state index contributed by atoms with van der Waals surface area (Å²) in [5.41, 5.74) is 0. The zero-order valence-corrected chi connectivity index (χ0v) is 16.5. The molecule has 122 valence electrons. The van der Waals surface area contributed by atoms with Gasteiger partial charge in [0.15, 0.2) is 0 Å². The second-order valence-electron chi connectivity index (χ2n) is 4.80. The van der Waals surface area contributed by atoms with E-state index in [0.29, 0.717) is 6.42 Å². The SMILES string of the molecule is [CH2-]COOS(=O)(=O)OCCCCCCCCCCCC.[Na+]. The Morgan fingerprint density at radius 3 is 1.81 bits per heavy atom. The molecule has 5 nitrogen and oxygen atoms in total. The standard InChI is InChI=1S/C14H29O5S.Na/c1-3-5-6-7-8-9-10-11-12-13-14-18-20(15,16)19-17-4-2;/h2-14H2,1H3;/q-1;+1. The Bertz CT molecular complexity index is 296. The first-order valence-electron chi connectivity index (χ1n) is 7.62. The maximum absolute atomic E-state index is 11.1. The number of rotatable bonds is 15. The molecule has 0 fully saturated rings. The Morgan fingerprint density at radius 2 is 1.33 bits per heavy atom. The van der Waals surface area contributed by atoms with Gasteiger partial charge in [0.2, 0.25) is 0 Å². The van der Waals surface area contributed by atoms with Gasteiger partial charge in [-0.2, -0.15) is 8.42 Å². The van der Waals surface area contributed by atoms with Crippen molar-refractivity contribution in [1.29, 1.82) is 0 Å². The summed E-state index contributed by atoms with van der Waals surface area (Å²) in [5, 5.41) is 0. The molecule has 0 aliphatic carbocycles. The van der Waals surface area contributed by atoms with Crippen LogP contribution in [0.15, 0.2) is 0 Å². The molecule has 0 aliphatic rings. The normalized spacial score (nSPS) is 11.3. The Labute approximate surface area is 152 Å². The number of hydrogen-bond donors (Lipinski definition) is 0. The Balaban J connectivity index is 0. The Kier molecular flexibility index (Phi) is 19.7. The van der Waals surface area contributed by atoms with E-state index < -0.39 is 10.4 Å². The molecule has 0 aromatic heterocycles. The molecule has 7 heteroatoms. The van der Waals surface area contributed by atoms with Gasteiger partial charge in [0, 0.05) is 0 Å². The monoisotopic (exact) mass is 332 g/mol. The van der Waals surface area contributed by atoms with Crippen molar-refractivity contribution in [3.05, 3.63) is 6.92 Å². The van der Waals surface area contributed by atoms with Gasteiger partial charge in [-0.1, -0.05) is 69.0 Å². The predicted octanol–water partition coefficient (Wildman–Crippen LogP) is 0.955. The van der Waals surface area contributed by atoms with Crippen molar-refractivity contribution >= 4 is 10.4 Å². The van der Waals surface area contributed by atoms with Crippen LogP contribution in [0.3, 0.4) is 0 Å². The molecule has 0 aliphatic heterocycles. The maximum atomic E-state index is 11.1. The van der Waals surface area contributed by atoms with E-state index in [1.807, 2.05) is 0 Å². The van der Waals surface area contributed by atoms with Crippen LogP contribution in [0.1, 0.15) is 71.1 Å². The molecule has 0 amide bonds. The van der Waals surface area contributed by atoms with E-state index in [0.717, 1.165) is 12.8 Å². The molecule has 0 heterocycles. The molecule has 0 aromatic carbocycles. The molecule has 0 radical (unpaired) electrons. The smallest absolute Gasteiger partial charge is 0.315 e. The zero-order chi connectivity index (χ0) is 15.1. The van der Waals surface area contributed by atoms with Gasteiger partial charge < -0.3 is 6.92 Å². The van der Waals surface area contributed by atoms with Gasteiger partial charge in [-0.25, -0.2) is 4.18 Å². The van der Waals surface area contributed by atoms with Crippen LogP contribution in [0.25, 0.3) is 0 Å². The fourth-order valence-corrected chi connectivity index (χ4v) is 2.41. The fourth-order valence-electron chi connectivity index (χ4n) is 1.86. The summed E-state index contributed by atoms with van der Waals surface area (Å²) < 4.78 is 30.8. The quantitative estimate of drug-likeness (QED) is 0.147. The third-order valence-corrected chi connectivity index (χ3v) is 3.66. The molecule has 0 atom stereocenters. The van der Waals surface area contributed by atoms with Gasteiger partial charge in [0.05, 0.1) is 6.61 Å². The summed E-state index contributed by atoms with van der Waals surface area (Å²) in [4.78, 5) is 4.22. The first kappa shape index (κ1) is 24.1. The summed E-state index contributed by atoms with van der Waals surface area (Å²) in [6.07, 6.45) is 11.9. The Hall–Kier alpha value is 0.830. The minimum Gasteiger partial charge on any atom is -0.315 e. The molecule has 0 spiro atoms. The van der Waals surface area contributed by atoms with Crippen LogP contribution in [-0.2, 0) is 23.8 Å². The van der Waals surface area contributed by atoms with Crippen LogP contribution in [0.5, 0.6) is 0 Å². The second kappa shape index (κ2) is 17.2. The summed E-state index contributed by atoms with van der Waals surface area (Å²) in [6, 6.07) is 0. The molecule has 0 saturated heterocycles. The van der Waals surface area contributed by atoms with Crippen LogP contribution >= 0.6 is 0 Å². The second-order valence-corrected chi connectivity index (χ2v) is 5.99. The van der Waals surface area contributed by atoms with E-state index in [1.165, 1.54) is 44.9 Å². The molecule has 0 N–H and O–H groups in total. The molecule has 0 unspecified atom stereocenters. The van der Waals surface area contributed by atoms with E-state index in [-0.39, 0.29) is 42.8 Å². The van der Waals surface area contributed by atoms with Crippen LogP contribution in [0, 0.1) is 6.92 Å². The summed E-state index contributed by atoms with van der Waals surface area (Å²) in [6.45, 7) is 5.56. The van der Waals surface area contributed by atoms with E-state index in [2.05, 4.69) is 27.3 Å². The maximum Gasteiger partial charge on any atom is 1.00 e. The zero-order valence-electron chi connectivity index (χ0n) is 13.6. The largest absolute Gasteiger partial charge is 1.00 e. The van der Waals surface area contributed by atoms with E-state index in [1.54, 1.807) is 0 Å². The van der Waals surface area contributed by atoms with Crippen molar-refractivity contribution in [2.75, 3.05) is 13.2 Å². The molecule has 0 aromatic rings. The minimum absolute atomic E-state index is 0.